The second-order valence-electron chi connectivity index (χ2n) is 2.63. The Labute approximate surface area is 74.0 Å². The molecule has 1 rings (SSSR count). The van der Waals surface area contributed by atoms with Gasteiger partial charge >= 0.3 is 12.0 Å². The zero-order valence-electron chi connectivity index (χ0n) is 6.88. The molecule has 0 aromatic carbocycles. The number of rotatable bonds is 2. The second kappa shape index (κ2) is 3.08. The smallest absolute Gasteiger partial charge is 0.447 e. The van der Waals surface area contributed by atoms with E-state index in [1.165, 1.54) is 13.0 Å². The molecule has 0 bridgehead atoms. The molecule has 0 aromatic rings. The molecule has 0 radical (unpaired) electrons. The molecule has 0 aromatic heterocycles. The number of aliphatic imine (C=N–C) groups is 1. The summed E-state index contributed by atoms with van der Waals surface area (Å²) in [6, 6.07) is -2.39. The van der Waals surface area contributed by atoms with E-state index in [0.29, 0.717) is 0 Å². The fourth-order valence-corrected chi connectivity index (χ4v) is 0.886. The first-order chi connectivity index (χ1) is 5.98. The van der Waals surface area contributed by atoms with Gasteiger partial charge in [0.25, 0.3) is 0 Å². The number of nitrogens with zero attached hydrogens (tertiary/aromatic N) is 2. The van der Waals surface area contributed by atoms with E-state index >= 15 is 0 Å². The third-order valence-corrected chi connectivity index (χ3v) is 1.81. The highest BCUT2D eigenvalue weighted by molar-refractivity contribution is 5.88. The van der Waals surface area contributed by atoms with Crippen LogP contribution in [0, 0.1) is 5.21 Å². The van der Waals surface area contributed by atoms with Gasteiger partial charge in [-0.3, -0.25) is 0 Å². The van der Waals surface area contributed by atoms with Crippen molar-refractivity contribution in [3.05, 3.63) is 17.5 Å². The number of urea groups is 1. The molecular weight excluding hydrogens is 176 g/mol. The molecule has 70 valence electrons. The predicted molar refractivity (Wildman–Crippen MR) is 43.8 cm³/mol. The first-order valence-corrected chi connectivity index (χ1v) is 3.57. The topological polar surface area (TPSA) is 89.8 Å². The van der Waals surface area contributed by atoms with Crippen molar-refractivity contribution >= 4 is 18.2 Å². The molecule has 6 nitrogen and oxygen atoms in total. The minimum absolute atomic E-state index is 0.966. The van der Waals surface area contributed by atoms with Crippen LogP contribution in [0.5, 0.6) is 0 Å². The summed E-state index contributed by atoms with van der Waals surface area (Å²) in [5, 5.41) is 20.2. The molecule has 2 atom stereocenters. The van der Waals surface area contributed by atoms with E-state index in [9.17, 15) is 14.8 Å². The predicted octanol–water partition coefficient (Wildman–Crippen LogP) is 0.492. The Morgan fingerprint density at radius 3 is 2.85 bits per heavy atom. The lowest BCUT2D eigenvalue weighted by molar-refractivity contribution is -0.760. The first kappa shape index (κ1) is 9.56. The Bertz CT molecular complexity index is 310. The highest BCUT2D eigenvalue weighted by Crippen LogP contribution is 2.17. The largest absolute Gasteiger partial charge is 0.618 e. The van der Waals surface area contributed by atoms with E-state index in [-0.39, 0.29) is 0 Å². The van der Waals surface area contributed by atoms with Gasteiger partial charge in [0.05, 0.1) is 0 Å². The number of hydrogen-bond donors (Lipinski definition) is 1. The summed E-state index contributed by atoms with van der Waals surface area (Å²) >= 11 is 0. The number of carboxylic acid groups (broad SMARTS) is 1. The van der Waals surface area contributed by atoms with Crippen molar-refractivity contribution in [2.24, 2.45) is 4.99 Å². The lowest BCUT2D eigenvalue weighted by Crippen LogP contribution is -2.52. The van der Waals surface area contributed by atoms with Gasteiger partial charge in [-0.1, -0.05) is 0 Å². The molecule has 2 unspecified atom stereocenters. The zero-order valence-corrected chi connectivity index (χ0v) is 6.88. The molecule has 1 aliphatic rings. The lowest BCUT2D eigenvalue weighted by Gasteiger charge is -2.37. The van der Waals surface area contributed by atoms with Crippen molar-refractivity contribution in [2.75, 3.05) is 0 Å². The quantitative estimate of drug-likeness (QED) is 0.499. The number of carboxylic acids is 1. The van der Waals surface area contributed by atoms with Gasteiger partial charge in [-0.15, -0.1) is 0 Å². The summed E-state index contributed by atoms with van der Waals surface area (Å²) in [7, 11) is 0. The van der Waals surface area contributed by atoms with Gasteiger partial charge in [0.1, 0.15) is 6.20 Å². The summed E-state index contributed by atoms with van der Waals surface area (Å²) in [6.07, 6.45) is 3.38. The molecule has 6 heteroatoms. The highest BCUT2D eigenvalue weighted by atomic mass is 16.6. The van der Waals surface area contributed by atoms with Crippen LogP contribution in [0.3, 0.4) is 0 Å². The van der Waals surface area contributed by atoms with Crippen LogP contribution in [0.25, 0.3) is 0 Å². The van der Waals surface area contributed by atoms with Crippen LogP contribution >= 0.6 is 0 Å². The second-order valence-corrected chi connectivity index (χ2v) is 2.63. The van der Waals surface area contributed by atoms with Crippen LogP contribution in [0.2, 0.25) is 0 Å². The Morgan fingerprint density at radius 1 is 1.77 bits per heavy atom. The lowest BCUT2D eigenvalue weighted by atomic mass is 10.3. The van der Waals surface area contributed by atoms with Gasteiger partial charge in [0.15, 0.2) is 6.04 Å². The fraction of sp³-hybridized carbons (Fsp3) is 0.286. The number of allylic oxidation sites excluding steroid dienone is 1. The van der Waals surface area contributed by atoms with Crippen LogP contribution in [0.4, 0.5) is 4.79 Å². The normalized spacial score (nSPS) is 28.9. The average molecular weight is 184 g/mol. The van der Waals surface area contributed by atoms with Gasteiger partial charge in [0.2, 0.25) is 0 Å². The molecule has 0 aliphatic carbocycles. The standard InChI is InChI=1S/C7H8N2O4/c1-5(6(10)11)9(13)4-2-3-8-7(9)12/h2-5H,1H3,(H,10,11). The van der Waals surface area contributed by atoms with E-state index in [1.54, 1.807) is 0 Å². The van der Waals surface area contributed by atoms with Crippen molar-refractivity contribution in [2.45, 2.75) is 13.0 Å². The molecule has 13 heavy (non-hydrogen) atoms. The summed E-state index contributed by atoms with van der Waals surface area (Å²) < 4.78 is -1.56. The van der Waals surface area contributed by atoms with Gasteiger partial charge in [-0.25, -0.2) is 14.2 Å². The van der Waals surface area contributed by atoms with Gasteiger partial charge in [0, 0.05) is 19.2 Å². The van der Waals surface area contributed by atoms with Crippen molar-refractivity contribution in [3.8, 4) is 0 Å². The number of aliphatic carboxylic acids is 1. The average Bonchev–Trinajstić information content (AvgIpc) is 2.09. The number of carbonyl (C=O) groups excluding carboxylic acids is 1. The summed E-state index contributed by atoms with van der Waals surface area (Å²) in [4.78, 5) is 24.7. The van der Waals surface area contributed by atoms with E-state index < -0.39 is 22.7 Å². The third kappa shape index (κ3) is 1.49. The maximum absolute atomic E-state index is 11.6. The zero-order chi connectivity index (χ0) is 10.1. The van der Waals surface area contributed by atoms with E-state index in [1.807, 2.05) is 0 Å². The van der Waals surface area contributed by atoms with Crippen LogP contribution in [-0.4, -0.2) is 34.0 Å². The molecule has 1 heterocycles. The van der Waals surface area contributed by atoms with Crippen LogP contribution in [0.15, 0.2) is 17.3 Å². The number of hydrogen-bond acceptors (Lipinski definition) is 3. The molecular formula is C7H8N2O4. The monoisotopic (exact) mass is 184 g/mol. The number of quaternary nitrogens is 1. The summed E-state index contributed by atoms with van der Waals surface area (Å²) in [5.74, 6) is -1.33. The SMILES string of the molecule is CC(C(=O)O)[N+]1([O-])C=CC=NC1=O. The molecule has 2 amide bonds. The molecule has 0 saturated heterocycles. The van der Waals surface area contributed by atoms with Crippen molar-refractivity contribution in [1.29, 1.82) is 0 Å². The highest BCUT2D eigenvalue weighted by Gasteiger charge is 2.37. The Hall–Kier alpha value is -1.53. The number of carbonyl (C=O) groups is 2. The summed E-state index contributed by atoms with van der Waals surface area (Å²) in [6.45, 7) is 1.17. The molecule has 1 aliphatic heterocycles. The van der Waals surface area contributed by atoms with Crippen LogP contribution < -0.4 is 0 Å². The summed E-state index contributed by atoms with van der Waals surface area (Å²) in [5.41, 5.74) is 0. The van der Waals surface area contributed by atoms with Gasteiger partial charge in [-0.05, 0) is 0 Å². The first-order valence-electron chi connectivity index (χ1n) is 3.57. The molecule has 0 spiro atoms. The minimum atomic E-state index is -1.56. The fourth-order valence-electron chi connectivity index (χ4n) is 0.886. The van der Waals surface area contributed by atoms with Crippen LogP contribution in [0.1, 0.15) is 6.92 Å². The van der Waals surface area contributed by atoms with E-state index in [2.05, 4.69) is 4.99 Å². The molecule has 1 N–H and O–H groups in total. The van der Waals surface area contributed by atoms with Gasteiger partial charge in [-0.2, -0.15) is 4.99 Å². The van der Waals surface area contributed by atoms with Crippen LogP contribution in [-0.2, 0) is 4.79 Å². The van der Waals surface area contributed by atoms with E-state index in [4.69, 9.17) is 5.11 Å². The maximum atomic E-state index is 11.6. The maximum Gasteiger partial charge on any atom is 0.447 e. The van der Waals surface area contributed by atoms with E-state index in [0.717, 1.165) is 12.4 Å². The van der Waals surface area contributed by atoms with Crippen molar-refractivity contribution < 1.29 is 19.3 Å². The minimum Gasteiger partial charge on any atom is -0.618 e. The third-order valence-electron chi connectivity index (χ3n) is 1.81. The van der Waals surface area contributed by atoms with Gasteiger partial charge < -0.3 is 10.3 Å². The number of amides is 2. The van der Waals surface area contributed by atoms with Crippen molar-refractivity contribution in [1.82, 2.24) is 0 Å². The molecule has 0 fully saturated rings. The Balaban J connectivity index is 3.00. The van der Waals surface area contributed by atoms with Crippen molar-refractivity contribution in [3.63, 3.8) is 0 Å². The number of hydroxylamine groups is 3. The molecule has 0 saturated carbocycles. The Kier molecular flexibility index (Phi) is 2.26. The Morgan fingerprint density at radius 2 is 2.38 bits per heavy atom.